The van der Waals surface area contributed by atoms with E-state index in [0.717, 1.165) is 12.0 Å². The number of esters is 1. The molecule has 1 unspecified atom stereocenters. The molecule has 6 nitrogen and oxygen atoms in total. The van der Waals surface area contributed by atoms with Crippen LogP contribution in [0.1, 0.15) is 30.9 Å². The SMILES string of the molecule is CCOC(=O)C1=C(NC(=O)CC#N)CN(Cc2ccccc2)C(Cc2ccccc2)C1. The zero-order chi connectivity index (χ0) is 22.1. The number of rotatable bonds is 8. The van der Waals surface area contributed by atoms with Gasteiger partial charge in [0.1, 0.15) is 6.42 Å². The van der Waals surface area contributed by atoms with Crippen molar-refractivity contribution in [3.8, 4) is 6.07 Å². The molecule has 6 heteroatoms. The molecule has 3 rings (SSSR count). The summed E-state index contributed by atoms with van der Waals surface area (Å²) in [5, 5.41) is 11.6. The smallest absolute Gasteiger partial charge is 0.335 e. The molecule has 0 spiro atoms. The van der Waals surface area contributed by atoms with Crippen LogP contribution in [0.3, 0.4) is 0 Å². The lowest BCUT2D eigenvalue weighted by Crippen LogP contribution is -2.46. The number of nitrogens with zero attached hydrogens (tertiary/aromatic N) is 2. The molecule has 0 fully saturated rings. The minimum Gasteiger partial charge on any atom is -0.463 e. The predicted octanol–water partition coefficient (Wildman–Crippen LogP) is 3.35. The summed E-state index contributed by atoms with van der Waals surface area (Å²) in [6, 6.07) is 22.2. The molecule has 1 N–H and O–H groups in total. The fraction of sp³-hybridized carbons (Fsp3) is 0.320. The molecule has 0 aromatic heterocycles. The Kier molecular flexibility index (Phi) is 7.97. The lowest BCUT2D eigenvalue weighted by molar-refractivity contribution is -0.139. The highest BCUT2D eigenvalue weighted by Gasteiger charge is 2.32. The Balaban J connectivity index is 1.92. The Morgan fingerprint density at radius 2 is 1.74 bits per heavy atom. The Labute approximate surface area is 183 Å². The average Bonchev–Trinajstić information content (AvgIpc) is 2.77. The zero-order valence-corrected chi connectivity index (χ0v) is 17.7. The normalized spacial score (nSPS) is 16.5. The van der Waals surface area contributed by atoms with E-state index in [4.69, 9.17) is 10.00 Å². The Morgan fingerprint density at radius 1 is 1.10 bits per heavy atom. The van der Waals surface area contributed by atoms with Crippen molar-refractivity contribution in [3.63, 3.8) is 0 Å². The minimum absolute atomic E-state index is 0.0682. The van der Waals surface area contributed by atoms with Crippen LogP contribution in [0.4, 0.5) is 0 Å². The molecule has 2 aromatic rings. The number of amides is 1. The number of benzene rings is 2. The van der Waals surface area contributed by atoms with Crippen molar-refractivity contribution >= 4 is 11.9 Å². The van der Waals surface area contributed by atoms with E-state index >= 15 is 0 Å². The average molecular weight is 418 g/mol. The van der Waals surface area contributed by atoms with Gasteiger partial charge in [0.05, 0.1) is 18.2 Å². The van der Waals surface area contributed by atoms with Gasteiger partial charge in [-0.2, -0.15) is 5.26 Å². The molecule has 160 valence electrons. The molecule has 0 radical (unpaired) electrons. The Morgan fingerprint density at radius 3 is 2.35 bits per heavy atom. The molecule has 2 aromatic carbocycles. The van der Waals surface area contributed by atoms with Crippen molar-refractivity contribution in [3.05, 3.63) is 83.1 Å². The quantitative estimate of drug-likeness (QED) is 0.666. The van der Waals surface area contributed by atoms with Crippen LogP contribution in [-0.4, -0.2) is 36.0 Å². The van der Waals surface area contributed by atoms with Crippen LogP contribution >= 0.6 is 0 Å². The first kappa shape index (κ1) is 22.3. The van der Waals surface area contributed by atoms with E-state index in [1.807, 2.05) is 42.5 Å². The van der Waals surface area contributed by atoms with Crippen molar-refractivity contribution < 1.29 is 14.3 Å². The van der Waals surface area contributed by atoms with E-state index in [1.165, 1.54) is 5.56 Å². The number of carbonyl (C=O) groups excluding carboxylic acids is 2. The van der Waals surface area contributed by atoms with Crippen LogP contribution in [0.2, 0.25) is 0 Å². The first-order chi connectivity index (χ1) is 15.1. The maximum absolute atomic E-state index is 12.7. The minimum atomic E-state index is -0.416. The highest BCUT2D eigenvalue weighted by molar-refractivity contribution is 5.91. The summed E-state index contributed by atoms with van der Waals surface area (Å²) in [7, 11) is 0. The largest absolute Gasteiger partial charge is 0.463 e. The topological polar surface area (TPSA) is 82.4 Å². The van der Waals surface area contributed by atoms with Crippen LogP contribution in [-0.2, 0) is 27.3 Å². The van der Waals surface area contributed by atoms with Crippen LogP contribution in [0.5, 0.6) is 0 Å². The van der Waals surface area contributed by atoms with E-state index in [0.29, 0.717) is 30.8 Å². The predicted molar refractivity (Wildman–Crippen MR) is 117 cm³/mol. The highest BCUT2D eigenvalue weighted by Crippen LogP contribution is 2.27. The molecular formula is C25H27N3O3. The highest BCUT2D eigenvalue weighted by atomic mass is 16.5. The summed E-state index contributed by atoms with van der Waals surface area (Å²) in [6.45, 7) is 3.11. The van der Waals surface area contributed by atoms with Gasteiger partial charge in [0.15, 0.2) is 0 Å². The summed E-state index contributed by atoms with van der Waals surface area (Å²) in [4.78, 5) is 27.1. The second-order valence-electron chi connectivity index (χ2n) is 7.50. The molecular weight excluding hydrogens is 390 g/mol. The maximum atomic E-state index is 12.7. The zero-order valence-electron chi connectivity index (χ0n) is 17.7. The lowest BCUT2D eigenvalue weighted by atomic mass is 9.92. The van der Waals surface area contributed by atoms with Crippen molar-refractivity contribution in [2.75, 3.05) is 13.2 Å². The van der Waals surface area contributed by atoms with Crippen LogP contribution in [0, 0.1) is 11.3 Å². The number of carbonyl (C=O) groups is 2. The fourth-order valence-electron chi connectivity index (χ4n) is 3.83. The van der Waals surface area contributed by atoms with Crippen molar-refractivity contribution in [1.29, 1.82) is 5.26 Å². The lowest BCUT2D eigenvalue weighted by Gasteiger charge is -2.38. The van der Waals surface area contributed by atoms with Gasteiger partial charge in [0.2, 0.25) is 5.91 Å². The Hall–Kier alpha value is -3.43. The Bertz CT molecular complexity index is 965. The van der Waals surface area contributed by atoms with Gasteiger partial charge in [0, 0.05) is 24.8 Å². The second-order valence-corrected chi connectivity index (χ2v) is 7.50. The van der Waals surface area contributed by atoms with Gasteiger partial charge in [-0.3, -0.25) is 9.69 Å². The molecule has 1 aliphatic heterocycles. The third kappa shape index (κ3) is 6.27. The third-order valence-corrected chi connectivity index (χ3v) is 5.28. The summed E-state index contributed by atoms with van der Waals surface area (Å²) < 4.78 is 5.27. The van der Waals surface area contributed by atoms with Crippen LogP contribution in [0.25, 0.3) is 0 Å². The molecule has 0 bridgehead atoms. The number of ether oxygens (including phenoxy) is 1. The number of nitrogens with one attached hydrogen (secondary N) is 1. The first-order valence-corrected chi connectivity index (χ1v) is 10.5. The van der Waals surface area contributed by atoms with Gasteiger partial charge in [-0.05, 0) is 30.9 Å². The standard InChI is InChI=1S/C25H27N3O3/c1-2-31-25(30)22-16-21(15-19-9-5-3-6-10-19)28(17-20-11-7-4-8-12-20)18-23(22)27-24(29)13-14-26/h3-12,21H,2,13,15-18H2,1H3,(H,27,29). The van der Waals surface area contributed by atoms with Crippen molar-refractivity contribution in [2.45, 2.75) is 38.8 Å². The summed E-state index contributed by atoms with van der Waals surface area (Å²) in [5.74, 6) is -0.826. The van der Waals surface area contributed by atoms with E-state index in [9.17, 15) is 9.59 Å². The van der Waals surface area contributed by atoms with Crippen molar-refractivity contribution in [1.82, 2.24) is 10.2 Å². The van der Waals surface area contributed by atoms with Gasteiger partial charge in [-0.25, -0.2) is 4.79 Å². The number of nitriles is 1. The van der Waals surface area contributed by atoms with Crippen molar-refractivity contribution in [2.24, 2.45) is 0 Å². The van der Waals surface area contributed by atoms with E-state index in [1.54, 1.807) is 6.92 Å². The van der Waals surface area contributed by atoms with Crippen LogP contribution < -0.4 is 5.32 Å². The molecule has 0 aliphatic carbocycles. The number of hydrogen-bond donors (Lipinski definition) is 1. The summed E-state index contributed by atoms with van der Waals surface area (Å²) in [5.41, 5.74) is 3.35. The maximum Gasteiger partial charge on any atom is 0.335 e. The monoisotopic (exact) mass is 417 g/mol. The first-order valence-electron chi connectivity index (χ1n) is 10.5. The summed E-state index contributed by atoms with van der Waals surface area (Å²) in [6.07, 6.45) is 0.977. The fourth-order valence-corrected chi connectivity index (χ4v) is 3.83. The van der Waals surface area contributed by atoms with E-state index in [2.05, 4.69) is 34.5 Å². The molecule has 1 heterocycles. The number of hydrogen-bond acceptors (Lipinski definition) is 5. The van der Waals surface area contributed by atoms with Gasteiger partial charge in [-0.15, -0.1) is 0 Å². The molecule has 0 saturated carbocycles. The van der Waals surface area contributed by atoms with Gasteiger partial charge >= 0.3 is 5.97 Å². The molecule has 1 amide bonds. The summed E-state index contributed by atoms with van der Waals surface area (Å²) >= 11 is 0. The van der Waals surface area contributed by atoms with E-state index in [-0.39, 0.29) is 19.1 Å². The molecule has 0 saturated heterocycles. The molecule has 1 aliphatic rings. The second kappa shape index (κ2) is 11.1. The molecule has 31 heavy (non-hydrogen) atoms. The van der Waals surface area contributed by atoms with Gasteiger partial charge in [0.25, 0.3) is 0 Å². The van der Waals surface area contributed by atoms with Gasteiger partial charge < -0.3 is 10.1 Å². The van der Waals surface area contributed by atoms with E-state index < -0.39 is 11.9 Å². The van der Waals surface area contributed by atoms with Gasteiger partial charge in [-0.1, -0.05) is 60.7 Å². The third-order valence-electron chi connectivity index (χ3n) is 5.28. The van der Waals surface area contributed by atoms with Crippen LogP contribution in [0.15, 0.2) is 71.9 Å². The molecule has 1 atom stereocenters.